The summed E-state index contributed by atoms with van der Waals surface area (Å²) in [6.07, 6.45) is 0.0983. The van der Waals surface area contributed by atoms with Gasteiger partial charge in [-0.15, -0.1) is 11.3 Å². The first-order chi connectivity index (χ1) is 7.51. The van der Waals surface area contributed by atoms with E-state index in [1.807, 2.05) is 13.8 Å². The van der Waals surface area contributed by atoms with Crippen LogP contribution in [-0.4, -0.2) is 18.1 Å². The van der Waals surface area contributed by atoms with Crippen LogP contribution in [0.1, 0.15) is 51.4 Å². The van der Waals surface area contributed by atoms with E-state index in [0.717, 1.165) is 23.9 Å². The van der Waals surface area contributed by atoms with Gasteiger partial charge in [0.05, 0.1) is 11.2 Å². The Morgan fingerprint density at radius 3 is 2.75 bits per heavy atom. The molecular formula is C12H22N2OS. The van der Waals surface area contributed by atoms with Crippen LogP contribution in [0.4, 0.5) is 0 Å². The summed E-state index contributed by atoms with van der Waals surface area (Å²) in [5, 5.41) is 6.60. The minimum atomic E-state index is -0.0601. The van der Waals surface area contributed by atoms with E-state index in [1.54, 1.807) is 11.3 Å². The molecule has 0 saturated carbocycles. The van der Waals surface area contributed by atoms with E-state index < -0.39 is 0 Å². The molecule has 1 unspecified atom stereocenters. The van der Waals surface area contributed by atoms with Gasteiger partial charge in [-0.05, 0) is 34.2 Å². The maximum atomic E-state index is 5.54. The van der Waals surface area contributed by atoms with Gasteiger partial charge >= 0.3 is 0 Å². The van der Waals surface area contributed by atoms with Crippen molar-refractivity contribution in [3.05, 3.63) is 16.1 Å². The Morgan fingerprint density at radius 2 is 2.19 bits per heavy atom. The Bertz CT molecular complexity index is 323. The molecule has 92 valence electrons. The van der Waals surface area contributed by atoms with Crippen LogP contribution in [-0.2, 0) is 10.3 Å². The van der Waals surface area contributed by atoms with Crippen molar-refractivity contribution in [2.45, 2.75) is 46.3 Å². The summed E-state index contributed by atoms with van der Waals surface area (Å²) in [6, 6.07) is 0. The Balaban J connectivity index is 2.78. The summed E-state index contributed by atoms with van der Waals surface area (Å²) in [4.78, 5) is 4.65. The zero-order valence-electron chi connectivity index (χ0n) is 10.8. The minimum Gasteiger partial charge on any atom is -0.372 e. The fourth-order valence-electron chi connectivity index (χ4n) is 1.62. The predicted octanol–water partition coefficient (Wildman–Crippen LogP) is 3.09. The molecule has 4 heteroatoms. The average Bonchev–Trinajstić information content (AvgIpc) is 2.67. The molecule has 0 aliphatic carbocycles. The predicted molar refractivity (Wildman–Crippen MR) is 68.9 cm³/mol. The number of rotatable bonds is 6. The summed E-state index contributed by atoms with van der Waals surface area (Å²) in [7, 11) is 0. The van der Waals surface area contributed by atoms with Crippen LogP contribution in [0.15, 0.2) is 5.38 Å². The average molecular weight is 242 g/mol. The van der Waals surface area contributed by atoms with E-state index in [0.29, 0.717) is 0 Å². The second-order valence-corrected chi connectivity index (χ2v) is 5.21. The molecule has 1 aromatic rings. The Morgan fingerprint density at radius 1 is 1.50 bits per heavy atom. The molecule has 0 radical (unpaired) electrons. The summed E-state index contributed by atoms with van der Waals surface area (Å²) < 4.78 is 5.54. The van der Waals surface area contributed by atoms with E-state index in [4.69, 9.17) is 4.74 Å². The Labute approximate surface area is 102 Å². The number of hydrogen-bond acceptors (Lipinski definition) is 4. The van der Waals surface area contributed by atoms with Gasteiger partial charge in [0.25, 0.3) is 0 Å². The highest BCUT2D eigenvalue weighted by atomic mass is 32.1. The fourth-order valence-corrected chi connectivity index (χ4v) is 2.61. The molecule has 0 aromatic carbocycles. The van der Waals surface area contributed by atoms with Crippen molar-refractivity contribution in [3.8, 4) is 0 Å². The molecule has 0 aliphatic rings. The lowest BCUT2D eigenvalue weighted by molar-refractivity contribution is 0.0759. The van der Waals surface area contributed by atoms with Crippen molar-refractivity contribution < 1.29 is 4.74 Å². The lowest BCUT2D eigenvalue weighted by Gasteiger charge is -2.23. The van der Waals surface area contributed by atoms with E-state index >= 15 is 0 Å². The van der Waals surface area contributed by atoms with Crippen molar-refractivity contribution in [2.75, 3.05) is 13.2 Å². The normalized spacial score (nSPS) is 14.1. The summed E-state index contributed by atoms with van der Waals surface area (Å²) in [5.41, 5.74) is 1.04. The first-order valence-electron chi connectivity index (χ1n) is 5.83. The lowest BCUT2D eigenvalue weighted by Crippen LogP contribution is -2.36. The van der Waals surface area contributed by atoms with Gasteiger partial charge in [-0.1, -0.05) is 6.92 Å². The van der Waals surface area contributed by atoms with Crippen LogP contribution < -0.4 is 5.32 Å². The molecular weight excluding hydrogens is 220 g/mol. The highest BCUT2D eigenvalue weighted by Crippen LogP contribution is 2.26. The van der Waals surface area contributed by atoms with Crippen LogP contribution in [0.25, 0.3) is 0 Å². The molecule has 0 fully saturated rings. The topological polar surface area (TPSA) is 34.1 Å². The molecule has 0 spiro atoms. The lowest BCUT2D eigenvalue weighted by atomic mass is 10.0. The molecule has 0 saturated heterocycles. The maximum Gasteiger partial charge on any atom is 0.122 e. The zero-order chi connectivity index (χ0) is 12.2. The third-order valence-electron chi connectivity index (χ3n) is 2.55. The van der Waals surface area contributed by atoms with E-state index in [-0.39, 0.29) is 11.6 Å². The van der Waals surface area contributed by atoms with E-state index in [9.17, 15) is 0 Å². The van der Waals surface area contributed by atoms with Crippen LogP contribution in [0, 0.1) is 0 Å². The molecule has 1 aromatic heterocycles. The molecule has 3 nitrogen and oxygen atoms in total. The second-order valence-electron chi connectivity index (χ2n) is 4.32. The SMILES string of the molecule is CCNC(C)(C)c1csc(C(C)OCC)n1. The number of thiazole rings is 1. The van der Waals surface area contributed by atoms with Crippen molar-refractivity contribution in [3.63, 3.8) is 0 Å². The minimum absolute atomic E-state index is 0.0601. The van der Waals surface area contributed by atoms with Crippen LogP contribution in [0.3, 0.4) is 0 Å². The Hall–Kier alpha value is -0.450. The quantitative estimate of drug-likeness (QED) is 0.832. The molecule has 1 N–H and O–H groups in total. The van der Waals surface area contributed by atoms with Gasteiger partial charge in [-0.25, -0.2) is 4.98 Å². The largest absolute Gasteiger partial charge is 0.372 e. The number of nitrogens with one attached hydrogen (secondary N) is 1. The maximum absolute atomic E-state index is 5.54. The molecule has 0 amide bonds. The Kier molecular flexibility index (Phi) is 4.89. The van der Waals surface area contributed by atoms with Gasteiger partial charge in [0.15, 0.2) is 0 Å². The number of hydrogen-bond donors (Lipinski definition) is 1. The molecule has 16 heavy (non-hydrogen) atoms. The fraction of sp³-hybridized carbons (Fsp3) is 0.750. The number of nitrogens with zero attached hydrogens (tertiary/aromatic N) is 1. The second kappa shape index (κ2) is 5.75. The summed E-state index contributed by atoms with van der Waals surface area (Å²) in [5.74, 6) is 0. The first kappa shape index (κ1) is 13.6. The van der Waals surface area contributed by atoms with Crippen LogP contribution in [0.2, 0.25) is 0 Å². The van der Waals surface area contributed by atoms with Crippen molar-refractivity contribution in [1.29, 1.82) is 0 Å². The summed E-state index contributed by atoms with van der Waals surface area (Å²) in [6.45, 7) is 12.1. The molecule has 1 atom stereocenters. The van der Waals surface area contributed by atoms with E-state index in [2.05, 4.69) is 36.5 Å². The smallest absolute Gasteiger partial charge is 0.122 e. The van der Waals surface area contributed by atoms with Gasteiger partial charge in [0.1, 0.15) is 11.1 Å². The van der Waals surface area contributed by atoms with Crippen LogP contribution >= 0.6 is 11.3 Å². The zero-order valence-corrected chi connectivity index (χ0v) is 11.6. The standard InChI is InChI=1S/C12H22N2OS/c1-6-13-12(4,5)10-8-16-11(14-10)9(3)15-7-2/h8-9,13H,6-7H2,1-5H3. The van der Waals surface area contributed by atoms with Gasteiger partial charge in [-0.2, -0.15) is 0 Å². The van der Waals surface area contributed by atoms with Gasteiger partial charge in [0, 0.05) is 12.0 Å². The highest BCUT2D eigenvalue weighted by Gasteiger charge is 2.23. The van der Waals surface area contributed by atoms with Gasteiger partial charge in [-0.3, -0.25) is 0 Å². The summed E-state index contributed by atoms with van der Waals surface area (Å²) >= 11 is 1.67. The number of aromatic nitrogens is 1. The molecule has 1 heterocycles. The first-order valence-corrected chi connectivity index (χ1v) is 6.71. The van der Waals surface area contributed by atoms with Crippen molar-refractivity contribution in [2.24, 2.45) is 0 Å². The van der Waals surface area contributed by atoms with Gasteiger partial charge < -0.3 is 10.1 Å². The third-order valence-corrected chi connectivity index (χ3v) is 3.55. The van der Waals surface area contributed by atoms with E-state index in [1.165, 1.54) is 0 Å². The van der Waals surface area contributed by atoms with Crippen molar-refractivity contribution in [1.82, 2.24) is 10.3 Å². The molecule has 0 bridgehead atoms. The highest BCUT2D eigenvalue weighted by molar-refractivity contribution is 7.09. The number of ether oxygens (including phenoxy) is 1. The molecule has 0 aliphatic heterocycles. The van der Waals surface area contributed by atoms with Gasteiger partial charge in [0.2, 0.25) is 0 Å². The van der Waals surface area contributed by atoms with Crippen molar-refractivity contribution >= 4 is 11.3 Å². The van der Waals surface area contributed by atoms with Crippen LogP contribution in [0.5, 0.6) is 0 Å². The monoisotopic (exact) mass is 242 g/mol. The molecule has 1 rings (SSSR count). The third kappa shape index (κ3) is 3.27.